The molecule has 0 nitrogen and oxygen atoms in total. The molecule has 0 bridgehead atoms. The first-order valence-electron chi connectivity index (χ1n) is 4.52. The zero-order valence-corrected chi connectivity index (χ0v) is 6.95. The van der Waals surface area contributed by atoms with Crippen LogP contribution in [0.15, 0.2) is 5.57 Å². The fraction of sp³-hybridized carbons (Fsp3) is 0.800. The highest BCUT2D eigenvalue weighted by Gasteiger charge is 2.02. The molecule has 0 saturated heterocycles. The lowest BCUT2D eigenvalue weighted by Gasteiger charge is -1.98. The van der Waals surface area contributed by atoms with E-state index in [1.54, 1.807) is 5.57 Å². The summed E-state index contributed by atoms with van der Waals surface area (Å²) in [7, 11) is 0. The van der Waals surface area contributed by atoms with Gasteiger partial charge in [0.25, 0.3) is 0 Å². The van der Waals surface area contributed by atoms with E-state index in [-0.39, 0.29) is 0 Å². The largest absolute Gasteiger partial charge is 0.0667 e. The SMILES string of the molecule is CC[C]=C1CCCCCC1. The lowest BCUT2D eigenvalue weighted by Crippen LogP contribution is -1.79. The molecule has 0 aliphatic heterocycles. The summed E-state index contributed by atoms with van der Waals surface area (Å²) >= 11 is 0. The van der Waals surface area contributed by atoms with E-state index in [0.717, 1.165) is 6.42 Å². The van der Waals surface area contributed by atoms with E-state index in [0.29, 0.717) is 0 Å². The molecule has 0 N–H and O–H groups in total. The van der Waals surface area contributed by atoms with E-state index in [1.807, 2.05) is 0 Å². The molecule has 0 aromatic carbocycles. The number of hydrogen-bond donors (Lipinski definition) is 0. The first-order valence-corrected chi connectivity index (χ1v) is 4.52. The summed E-state index contributed by atoms with van der Waals surface area (Å²) in [6.07, 6.45) is 12.9. The van der Waals surface area contributed by atoms with Gasteiger partial charge in [-0.05, 0) is 38.2 Å². The Hall–Kier alpha value is -0.260. The van der Waals surface area contributed by atoms with Gasteiger partial charge in [0.2, 0.25) is 0 Å². The Balaban J connectivity index is 2.35. The van der Waals surface area contributed by atoms with Crippen molar-refractivity contribution in [2.75, 3.05) is 0 Å². The molecule has 0 atom stereocenters. The standard InChI is InChI=1S/C10H17/c1-2-7-10-8-5-3-4-6-9-10/h2-6,8-9H2,1H3. The van der Waals surface area contributed by atoms with Gasteiger partial charge in [0.1, 0.15) is 0 Å². The van der Waals surface area contributed by atoms with Gasteiger partial charge in [0.05, 0.1) is 0 Å². The minimum Gasteiger partial charge on any atom is -0.0667 e. The molecule has 0 aromatic heterocycles. The maximum absolute atomic E-state index is 3.44. The normalized spacial score (nSPS) is 20.3. The topological polar surface area (TPSA) is 0 Å². The van der Waals surface area contributed by atoms with E-state index in [1.165, 1.54) is 38.5 Å². The van der Waals surface area contributed by atoms with Crippen LogP contribution in [0.4, 0.5) is 0 Å². The van der Waals surface area contributed by atoms with Crippen LogP contribution >= 0.6 is 0 Å². The minimum atomic E-state index is 1.11. The van der Waals surface area contributed by atoms with Crippen LogP contribution in [-0.4, -0.2) is 0 Å². The molecule has 1 radical (unpaired) electrons. The van der Waals surface area contributed by atoms with Crippen LogP contribution in [-0.2, 0) is 0 Å². The lowest BCUT2D eigenvalue weighted by atomic mass is 10.1. The van der Waals surface area contributed by atoms with Gasteiger partial charge < -0.3 is 0 Å². The Morgan fingerprint density at radius 1 is 1.10 bits per heavy atom. The summed E-state index contributed by atoms with van der Waals surface area (Å²) in [4.78, 5) is 0. The maximum atomic E-state index is 3.44. The van der Waals surface area contributed by atoms with E-state index in [4.69, 9.17) is 0 Å². The second-order valence-electron chi connectivity index (χ2n) is 3.05. The van der Waals surface area contributed by atoms with Gasteiger partial charge in [-0.3, -0.25) is 0 Å². The molecule has 0 spiro atoms. The average molecular weight is 137 g/mol. The van der Waals surface area contributed by atoms with Crippen LogP contribution in [0.1, 0.15) is 51.9 Å². The fourth-order valence-electron chi connectivity index (χ4n) is 1.58. The Labute approximate surface area is 64.3 Å². The number of hydrogen-bond acceptors (Lipinski definition) is 0. The van der Waals surface area contributed by atoms with Crippen molar-refractivity contribution in [3.05, 3.63) is 11.6 Å². The second-order valence-corrected chi connectivity index (χ2v) is 3.05. The van der Waals surface area contributed by atoms with Crippen molar-refractivity contribution in [3.8, 4) is 0 Å². The van der Waals surface area contributed by atoms with Crippen molar-refractivity contribution in [1.82, 2.24) is 0 Å². The summed E-state index contributed by atoms with van der Waals surface area (Å²) in [6.45, 7) is 2.18. The molecular formula is C10H17. The molecule has 0 heteroatoms. The Kier molecular flexibility index (Phi) is 3.56. The minimum absolute atomic E-state index is 1.11. The van der Waals surface area contributed by atoms with E-state index in [9.17, 15) is 0 Å². The van der Waals surface area contributed by atoms with E-state index in [2.05, 4.69) is 13.0 Å². The predicted octanol–water partition coefficient (Wildman–Crippen LogP) is 3.48. The van der Waals surface area contributed by atoms with E-state index < -0.39 is 0 Å². The second kappa shape index (κ2) is 4.54. The molecule has 1 saturated carbocycles. The number of rotatable bonds is 1. The third-order valence-corrected chi connectivity index (χ3v) is 2.13. The molecule has 0 amide bonds. The molecule has 0 heterocycles. The summed E-state index contributed by atoms with van der Waals surface area (Å²) in [5.41, 5.74) is 1.60. The van der Waals surface area contributed by atoms with Crippen molar-refractivity contribution in [2.45, 2.75) is 51.9 Å². The summed E-state index contributed by atoms with van der Waals surface area (Å²) in [5, 5.41) is 0. The smallest absolute Gasteiger partial charge is 0.0305 e. The Morgan fingerprint density at radius 2 is 1.70 bits per heavy atom. The highest BCUT2D eigenvalue weighted by Crippen LogP contribution is 2.21. The third kappa shape index (κ3) is 2.55. The lowest BCUT2D eigenvalue weighted by molar-refractivity contribution is 0.702. The van der Waals surface area contributed by atoms with Gasteiger partial charge in [-0.1, -0.05) is 25.3 Å². The molecule has 10 heavy (non-hydrogen) atoms. The monoisotopic (exact) mass is 137 g/mol. The van der Waals surface area contributed by atoms with Gasteiger partial charge >= 0.3 is 0 Å². The molecule has 1 rings (SSSR count). The van der Waals surface area contributed by atoms with Crippen molar-refractivity contribution < 1.29 is 0 Å². The van der Waals surface area contributed by atoms with Crippen LogP contribution in [0.2, 0.25) is 0 Å². The summed E-state index contributed by atoms with van der Waals surface area (Å²) in [5.74, 6) is 0. The number of allylic oxidation sites excluding steroid dienone is 2. The van der Waals surface area contributed by atoms with Gasteiger partial charge in [0.15, 0.2) is 0 Å². The first-order chi connectivity index (χ1) is 4.93. The van der Waals surface area contributed by atoms with E-state index >= 15 is 0 Å². The van der Waals surface area contributed by atoms with Gasteiger partial charge in [-0.2, -0.15) is 0 Å². The van der Waals surface area contributed by atoms with Gasteiger partial charge in [-0.25, -0.2) is 0 Å². The summed E-state index contributed by atoms with van der Waals surface area (Å²) < 4.78 is 0. The van der Waals surface area contributed by atoms with Crippen molar-refractivity contribution >= 4 is 0 Å². The van der Waals surface area contributed by atoms with Crippen LogP contribution in [0.3, 0.4) is 0 Å². The highest BCUT2D eigenvalue weighted by molar-refractivity contribution is 4.97. The summed E-state index contributed by atoms with van der Waals surface area (Å²) in [6, 6.07) is 0. The van der Waals surface area contributed by atoms with Gasteiger partial charge in [0, 0.05) is 0 Å². The third-order valence-electron chi connectivity index (χ3n) is 2.13. The highest BCUT2D eigenvalue weighted by atomic mass is 14.1. The molecule has 1 fully saturated rings. The fourth-order valence-corrected chi connectivity index (χ4v) is 1.58. The molecule has 57 valence electrons. The molecular weight excluding hydrogens is 120 g/mol. The maximum Gasteiger partial charge on any atom is -0.0305 e. The zero-order chi connectivity index (χ0) is 7.23. The first kappa shape index (κ1) is 7.84. The van der Waals surface area contributed by atoms with Crippen LogP contribution in [0.25, 0.3) is 0 Å². The van der Waals surface area contributed by atoms with Gasteiger partial charge in [-0.15, -0.1) is 0 Å². The van der Waals surface area contributed by atoms with Crippen molar-refractivity contribution in [1.29, 1.82) is 0 Å². The molecule has 1 aliphatic carbocycles. The van der Waals surface area contributed by atoms with Crippen LogP contribution < -0.4 is 0 Å². The van der Waals surface area contributed by atoms with Crippen molar-refractivity contribution in [3.63, 3.8) is 0 Å². The quantitative estimate of drug-likeness (QED) is 0.485. The Bertz CT molecular complexity index is 101. The van der Waals surface area contributed by atoms with Crippen LogP contribution in [0, 0.1) is 6.08 Å². The average Bonchev–Trinajstić information content (AvgIpc) is 2.17. The predicted molar refractivity (Wildman–Crippen MR) is 44.7 cm³/mol. The van der Waals surface area contributed by atoms with Crippen LogP contribution in [0.5, 0.6) is 0 Å². The zero-order valence-electron chi connectivity index (χ0n) is 6.95. The van der Waals surface area contributed by atoms with Crippen molar-refractivity contribution in [2.24, 2.45) is 0 Å². The molecule has 0 unspecified atom stereocenters. The Morgan fingerprint density at radius 3 is 2.20 bits per heavy atom. The molecule has 1 aliphatic rings. The molecule has 0 aromatic rings.